The van der Waals surface area contributed by atoms with Crippen LogP contribution in [-0.2, 0) is 4.79 Å². The molecule has 1 unspecified atom stereocenters. The number of aryl methyl sites for hydroxylation is 1. The molecule has 0 aliphatic heterocycles. The Morgan fingerprint density at radius 3 is 2.88 bits per heavy atom. The summed E-state index contributed by atoms with van der Waals surface area (Å²) in [7, 11) is 0. The van der Waals surface area contributed by atoms with Crippen molar-refractivity contribution >= 4 is 27.5 Å². The zero-order chi connectivity index (χ0) is 12.8. The fourth-order valence-electron chi connectivity index (χ4n) is 1.36. The molecule has 92 valence electrons. The Kier molecular flexibility index (Phi) is 5.22. The molecule has 1 amide bonds. The Balaban J connectivity index is 2.64. The Morgan fingerprint density at radius 1 is 1.59 bits per heavy atom. The predicted molar refractivity (Wildman–Crippen MR) is 75.2 cm³/mol. The maximum Gasteiger partial charge on any atom is 0.242 e. The number of anilines is 1. The summed E-state index contributed by atoms with van der Waals surface area (Å²) >= 11 is 3.47. The van der Waals surface area contributed by atoms with Gasteiger partial charge in [-0.2, -0.15) is 0 Å². The fraction of sp³-hybridized carbons (Fsp3) is 0.308. The third-order valence-electron chi connectivity index (χ3n) is 2.31. The number of benzene rings is 1. The van der Waals surface area contributed by atoms with Crippen LogP contribution in [0.2, 0.25) is 0 Å². The lowest BCUT2D eigenvalue weighted by atomic mass is 10.2. The molecule has 0 aliphatic rings. The standard InChI is InChI=1S/C13H17BrN2O/c1-4-7-15-13(17)10(3)16-12-6-5-9(2)8-11(12)14/h4-6,8,10,16H,1,7H2,2-3H3,(H,15,17). The first-order valence-corrected chi connectivity index (χ1v) is 6.25. The van der Waals surface area contributed by atoms with Gasteiger partial charge in [-0.05, 0) is 47.5 Å². The van der Waals surface area contributed by atoms with E-state index >= 15 is 0 Å². The number of nitrogens with one attached hydrogen (secondary N) is 2. The Labute approximate surface area is 110 Å². The Morgan fingerprint density at radius 2 is 2.29 bits per heavy atom. The van der Waals surface area contributed by atoms with Gasteiger partial charge in [0, 0.05) is 16.7 Å². The zero-order valence-electron chi connectivity index (χ0n) is 10.1. The van der Waals surface area contributed by atoms with Crippen molar-refractivity contribution in [2.24, 2.45) is 0 Å². The van der Waals surface area contributed by atoms with Gasteiger partial charge in [0.05, 0.1) is 0 Å². The molecule has 0 heterocycles. The highest BCUT2D eigenvalue weighted by atomic mass is 79.9. The van der Waals surface area contributed by atoms with Crippen molar-refractivity contribution in [1.82, 2.24) is 5.32 Å². The van der Waals surface area contributed by atoms with Gasteiger partial charge >= 0.3 is 0 Å². The molecule has 0 radical (unpaired) electrons. The first-order valence-electron chi connectivity index (χ1n) is 5.46. The summed E-state index contributed by atoms with van der Waals surface area (Å²) in [5.41, 5.74) is 2.09. The first-order chi connectivity index (χ1) is 8.04. The Bertz CT molecular complexity index is 418. The van der Waals surface area contributed by atoms with Gasteiger partial charge < -0.3 is 10.6 Å². The van der Waals surface area contributed by atoms with E-state index in [1.807, 2.05) is 32.0 Å². The van der Waals surface area contributed by atoms with Crippen molar-refractivity contribution in [2.45, 2.75) is 19.9 Å². The van der Waals surface area contributed by atoms with E-state index in [9.17, 15) is 4.79 Å². The molecule has 0 spiro atoms. The summed E-state index contributed by atoms with van der Waals surface area (Å²) in [6, 6.07) is 5.68. The number of amides is 1. The second kappa shape index (κ2) is 6.45. The van der Waals surface area contributed by atoms with Crippen molar-refractivity contribution in [3.8, 4) is 0 Å². The molecule has 1 atom stereocenters. The molecular formula is C13H17BrN2O. The largest absolute Gasteiger partial charge is 0.373 e. The lowest BCUT2D eigenvalue weighted by molar-refractivity contribution is -0.121. The molecule has 3 nitrogen and oxygen atoms in total. The van der Waals surface area contributed by atoms with Gasteiger partial charge in [-0.3, -0.25) is 4.79 Å². The molecule has 0 saturated heterocycles. The molecule has 0 fully saturated rings. The van der Waals surface area contributed by atoms with Crippen LogP contribution in [0.4, 0.5) is 5.69 Å². The molecule has 0 saturated carbocycles. The van der Waals surface area contributed by atoms with Gasteiger partial charge in [-0.25, -0.2) is 0 Å². The third kappa shape index (κ3) is 4.23. The van der Waals surface area contributed by atoms with Gasteiger partial charge in [0.2, 0.25) is 5.91 Å². The van der Waals surface area contributed by atoms with E-state index in [-0.39, 0.29) is 11.9 Å². The molecule has 1 aromatic rings. The number of rotatable bonds is 5. The van der Waals surface area contributed by atoms with E-state index in [1.54, 1.807) is 6.08 Å². The van der Waals surface area contributed by atoms with Crippen molar-refractivity contribution in [3.63, 3.8) is 0 Å². The van der Waals surface area contributed by atoms with Crippen LogP contribution in [0.1, 0.15) is 12.5 Å². The highest BCUT2D eigenvalue weighted by Gasteiger charge is 2.12. The van der Waals surface area contributed by atoms with Gasteiger partial charge in [0.25, 0.3) is 0 Å². The number of hydrogen-bond acceptors (Lipinski definition) is 2. The highest BCUT2D eigenvalue weighted by Crippen LogP contribution is 2.23. The van der Waals surface area contributed by atoms with Crippen molar-refractivity contribution in [1.29, 1.82) is 0 Å². The summed E-state index contributed by atoms with van der Waals surface area (Å²) in [6.45, 7) is 7.89. The van der Waals surface area contributed by atoms with E-state index in [4.69, 9.17) is 0 Å². The minimum Gasteiger partial charge on any atom is -0.373 e. The predicted octanol–water partition coefficient (Wildman–Crippen LogP) is 2.86. The average molecular weight is 297 g/mol. The molecule has 0 bridgehead atoms. The van der Waals surface area contributed by atoms with Gasteiger partial charge in [-0.1, -0.05) is 12.1 Å². The smallest absolute Gasteiger partial charge is 0.242 e. The molecule has 1 aromatic carbocycles. The molecule has 2 N–H and O–H groups in total. The van der Waals surface area contributed by atoms with Crippen molar-refractivity contribution in [2.75, 3.05) is 11.9 Å². The highest BCUT2D eigenvalue weighted by molar-refractivity contribution is 9.10. The van der Waals surface area contributed by atoms with Crippen LogP contribution >= 0.6 is 15.9 Å². The lowest BCUT2D eigenvalue weighted by Gasteiger charge is -2.16. The maximum absolute atomic E-state index is 11.6. The number of carbonyl (C=O) groups excluding carboxylic acids is 1. The molecule has 0 aliphatic carbocycles. The topological polar surface area (TPSA) is 41.1 Å². The van der Waals surface area contributed by atoms with E-state index in [0.717, 1.165) is 10.2 Å². The van der Waals surface area contributed by atoms with Gasteiger partial charge in [-0.15, -0.1) is 6.58 Å². The summed E-state index contributed by atoms with van der Waals surface area (Å²) in [5.74, 6) is -0.0441. The molecule has 0 aromatic heterocycles. The number of hydrogen-bond donors (Lipinski definition) is 2. The summed E-state index contributed by atoms with van der Waals surface area (Å²) in [4.78, 5) is 11.6. The quantitative estimate of drug-likeness (QED) is 0.821. The van der Waals surface area contributed by atoms with Crippen LogP contribution in [0.5, 0.6) is 0 Å². The average Bonchev–Trinajstić information content (AvgIpc) is 2.29. The van der Waals surface area contributed by atoms with Crippen LogP contribution in [0.15, 0.2) is 35.3 Å². The molecular weight excluding hydrogens is 280 g/mol. The molecule has 4 heteroatoms. The lowest BCUT2D eigenvalue weighted by Crippen LogP contribution is -2.37. The molecule has 1 rings (SSSR count). The summed E-state index contributed by atoms with van der Waals surface area (Å²) in [6.07, 6.45) is 1.66. The van der Waals surface area contributed by atoms with Gasteiger partial charge in [0.1, 0.15) is 6.04 Å². The maximum atomic E-state index is 11.6. The van der Waals surface area contributed by atoms with Crippen LogP contribution in [0, 0.1) is 6.92 Å². The van der Waals surface area contributed by atoms with Crippen LogP contribution in [0.25, 0.3) is 0 Å². The van der Waals surface area contributed by atoms with Crippen molar-refractivity contribution in [3.05, 3.63) is 40.9 Å². The number of halogens is 1. The minimum absolute atomic E-state index is 0.0441. The summed E-state index contributed by atoms with van der Waals surface area (Å²) < 4.78 is 0.959. The zero-order valence-corrected chi connectivity index (χ0v) is 11.7. The third-order valence-corrected chi connectivity index (χ3v) is 2.97. The van der Waals surface area contributed by atoms with Crippen molar-refractivity contribution < 1.29 is 4.79 Å². The molecule has 17 heavy (non-hydrogen) atoms. The van der Waals surface area contributed by atoms with Crippen LogP contribution in [-0.4, -0.2) is 18.5 Å². The van der Waals surface area contributed by atoms with E-state index < -0.39 is 0 Å². The van der Waals surface area contributed by atoms with Crippen LogP contribution < -0.4 is 10.6 Å². The van der Waals surface area contributed by atoms with E-state index in [2.05, 4.69) is 33.1 Å². The van der Waals surface area contributed by atoms with Gasteiger partial charge in [0.15, 0.2) is 0 Å². The van der Waals surface area contributed by atoms with E-state index in [1.165, 1.54) is 5.56 Å². The fourth-order valence-corrected chi connectivity index (χ4v) is 1.97. The normalized spacial score (nSPS) is 11.7. The second-order valence-electron chi connectivity index (χ2n) is 3.88. The minimum atomic E-state index is -0.283. The van der Waals surface area contributed by atoms with Crippen LogP contribution in [0.3, 0.4) is 0 Å². The summed E-state index contributed by atoms with van der Waals surface area (Å²) in [5, 5.41) is 5.90. The van der Waals surface area contributed by atoms with E-state index in [0.29, 0.717) is 6.54 Å². The monoisotopic (exact) mass is 296 g/mol. The SMILES string of the molecule is C=CCNC(=O)C(C)Nc1ccc(C)cc1Br. The second-order valence-corrected chi connectivity index (χ2v) is 4.74. The Hall–Kier alpha value is -1.29. The first kappa shape index (κ1) is 13.8. The number of carbonyl (C=O) groups is 1.